The van der Waals surface area contributed by atoms with Gasteiger partial charge in [0.05, 0.1) is 31.3 Å². The molecule has 0 unspecified atom stereocenters. The van der Waals surface area contributed by atoms with Gasteiger partial charge < -0.3 is 115 Å². The van der Waals surface area contributed by atoms with Crippen LogP contribution < -0.4 is 88.4 Å². The highest BCUT2D eigenvalue weighted by atomic mass is 31.3. The Kier molecular flexibility index (Phi) is 52.4. The minimum atomic E-state index is -5.68. The van der Waals surface area contributed by atoms with Crippen molar-refractivity contribution in [3.63, 3.8) is 0 Å². The molecule has 0 saturated carbocycles. The molecule has 0 aliphatic rings. The predicted octanol–water partition coefficient (Wildman–Crippen LogP) is -3.67. The first kappa shape index (κ1) is 63.4. The molecule has 26 heavy (non-hydrogen) atoms. The van der Waals surface area contributed by atoms with Crippen LogP contribution in [0.15, 0.2) is 0 Å². The van der Waals surface area contributed by atoms with Gasteiger partial charge in [-0.2, -0.15) is 0 Å². The van der Waals surface area contributed by atoms with E-state index in [0.717, 1.165) is 0 Å². The lowest BCUT2D eigenvalue weighted by Gasteiger charge is -2.39. The summed E-state index contributed by atoms with van der Waals surface area (Å²) in [6.07, 6.45) is 0. The summed E-state index contributed by atoms with van der Waals surface area (Å²) < 4.78 is 42.3. The van der Waals surface area contributed by atoms with Crippen LogP contribution in [0.3, 0.4) is 0 Å². The Morgan fingerprint density at radius 3 is 0.423 bits per heavy atom. The lowest BCUT2D eigenvalue weighted by Crippen LogP contribution is -2.23. The van der Waals surface area contributed by atoms with Crippen LogP contribution in [0.1, 0.15) is 0 Å². The fraction of sp³-hybridized carbons (Fsp3) is 0. The fourth-order valence-corrected chi connectivity index (χ4v) is 2.20. The second kappa shape index (κ2) is 21.5. The van der Waals surface area contributed by atoms with Crippen LogP contribution >= 0.6 is 31.3 Å². The van der Waals surface area contributed by atoms with Crippen LogP contribution in [0.4, 0.5) is 0 Å². The van der Waals surface area contributed by atoms with Crippen molar-refractivity contribution in [2.75, 3.05) is 0 Å². The third-order valence-electron chi connectivity index (χ3n) is 0.400. The van der Waals surface area contributed by atoms with E-state index >= 15 is 0 Å². The molecule has 0 heterocycles. The summed E-state index contributed by atoms with van der Waals surface area (Å²) in [5, 5.41) is 0. The van der Waals surface area contributed by atoms with Gasteiger partial charge in [-0.05, 0) is 0 Å². The van der Waals surface area contributed by atoms with Crippen LogP contribution in [-0.2, 0) is 26.9 Å². The van der Waals surface area contributed by atoms with Gasteiger partial charge in [0.15, 0.2) is 0 Å². The maximum absolute atomic E-state index is 9.32. The molecule has 0 aromatic heterocycles. The first-order valence-corrected chi connectivity index (χ1v) is 8.76. The van der Waals surface area contributed by atoms with Crippen molar-refractivity contribution in [1.82, 2.24) is 49.2 Å². The average Bonchev–Trinajstić information content (AvgIpc) is 1.64. The van der Waals surface area contributed by atoms with Gasteiger partial charge in [-0.15, -0.1) is 0 Å². The van der Waals surface area contributed by atoms with Crippen molar-refractivity contribution in [2.45, 2.75) is 0 Å². The Bertz CT molecular complexity index is 360. The van der Waals surface area contributed by atoms with Gasteiger partial charge in [-0.1, -0.05) is 0 Å². The monoisotopic (exact) mass is 492 g/mol. The second-order valence-corrected chi connectivity index (χ2v) is 6.84. The summed E-state index contributed by atoms with van der Waals surface area (Å²) in [5.74, 6) is 0. The highest BCUT2D eigenvalue weighted by Crippen LogP contribution is 2.43. The quantitative estimate of drug-likeness (QED) is 0.175. The molecule has 22 nitrogen and oxygen atoms in total. The average molecular weight is 492 g/mol. The van der Waals surface area contributed by atoms with E-state index in [4.69, 9.17) is 0 Å². The summed E-state index contributed by atoms with van der Waals surface area (Å²) in [7, 11) is -22.7. The summed E-state index contributed by atoms with van der Waals surface area (Å²) in [6, 6.07) is 0. The Morgan fingerprint density at radius 1 is 0.346 bits per heavy atom. The van der Waals surface area contributed by atoms with Gasteiger partial charge in [0.25, 0.3) is 0 Å². The van der Waals surface area contributed by atoms with Crippen molar-refractivity contribution in [1.29, 1.82) is 0 Å². The molecule has 0 bridgehead atoms. The molecule has 0 aliphatic carbocycles. The molecule has 0 fully saturated rings. The molecule has 0 amide bonds. The predicted molar refractivity (Wildman–Crippen MR) is 80.5 cm³/mol. The number of hydrogen-bond acceptors (Lipinski definition) is 14. The molecule has 176 valence electrons. The SMILES string of the molecule is O=P([O-])([O-])OP(=O)([O-])[O-].O=P([O-])([O-])OP(=O)([O-])[O-].[NH4+].[NH4+].[NH4+].[NH4+].[NH4+].[NH4+].[NH4+].[NH4+]. The zero-order valence-electron chi connectivity index (χ0n) is 15.5. The third-order valence-corrected chi connectivity index (χ3v) is 3.60. The summed E-state index contributed by atoms with van der Waals surface area (Å²) in [4.78, 5) is 74.6. The molecule has 0 rings (SSSR count). The molecular formula is H32N8O14P4. The highest BCUT2D eigenvalue weighted by molar-refractivity contribution is 7.57. The van der Waals surface area contributed by atoms with Crippen LogP contribution in [0, 0.1) is 0 Å². The van der Waals surface area contributed by atoms with Gasteiger partial charge in [-0.3, -0.25) is 0 Å². The minimum absolute atomic E-state index is 0. The Morgan fingerprint density at radius 2 is 0.423 bits per heavy atom. The summed E-state index contributed by atoms with van der Waals surface area (Å²) >= 11 is 0. The van der Waals surface area contributed by atoms with Crippen LogP contribution in [0.5, 0.6) is 0 Å². The summed E-state index contributed by atoms with van der Waals surface area (Å²) in [6.45, 7) is 0. The molecule has 32 N–H and O–H groups in total. The first-order valence-electron chi connectivity index (χ1n) is 2.92. The Balaban J connectivity index is -0.0000000188. The zero-order valence-corrected chi connectivity index (χ0v) is 19.1. The van der Waals surface area contributed by atoms with Crippen molar-refractivity contribution in [3.05, 3.63) is 0 Å². The molecule has 26 heteroatoms. The Hall–Kier alpha value is 0.200. The van der Waals surface area contributed by atoms with Crippen molar-refractivity contribution >= 4 is 31.3 Å². The topological polar surface area (TPSA) is 563 Å². The molecule has 0 aliphatic heterocycles. The van der Waals surface area contributed by atoms with Crippen molar-refractivity contribution < 1.29 is 66.0 Å². The van der Waals surface area contributed by atoms with Crippen LogP contribution in [-0.4, -0.2) is 0 Å². The van der Waals surface area contributed by atoms with Gasteiger partial charge >= 0.3 is 0 Å². The second-order valence-electron chi connectivity index (χ2n) is 1.95. The standard InChI is InChI=1S/8H3N.2H4O7P2/c;;;;;;;;2*1-8(2,3)7-9(4,5)6/h8*1H3;2*(H2,1,2,3)(H2,4,5,6). The highest BCUT2D eigenvalue weighted by Gasteiger charge is 1.93. The maximum atomic E-state index is 9.32. The zero-order chi connectivity index (χ0) is 15.4. The number of rotatable bonds is 4. The van der Waals surface area contributed by atoms with E-state index in [1.54, 1.807) is 0 Å². The summed E-state index contributed by atoms with van der Waals surface area (Å²) in [5.41, 5.74) is 0. The van der Waals surface area contributed by atoms with Crippen LogP contribution in [0.2, 0.25) is 0 Å². The van der Waals surface area contributed by atoms with E-state index in [1.807, 2.05) is 0 Å². The molecule has 0 spiro atoms. The van der Waals surface area contributed by atoms with Crippen LogP contribution in [0.25, 0.3) is 0 Å². The molecule has 0 aromatic rings. The first-order chi connectivity index (χ1) is 7.41. The minimum Gasteiger partial charge on any atom is -0.790 e. The van der Waals surface area contributed by atoms with E-state index in [1.165, 1.54) is 0 Å². The van der Waals surface area contributed by atoms with E-state index in [-0.39, 0.29) is 49.2 Å². The van der Waals surface area contributed by atoms with Gasteiger partial charge in [0, 0.05) is 0 Å². The Labute approximate surface area is 147 Å². The molecule has 0 atom stereocenters. The normalized spacial score (nSPS) is 9.54. The number of quaternary nitrogens is 8. The maximum Gasteiger partial charge on any atom is 0.0655 e. The van der Waals surface area contributed by atoms with Gasteiger partial charge in [0.1, 0.15) is 0 Å². The van der Waals surface area contributed by atoms with E-state index in [9.17, 15) is 57.4 Å². The van der Waals surface area contributed by atoms with Crippen molar-refractivity contribution in [3.8, 4) is 0 Å². The number of phosphoric acid groups is 4. The van der Waals surface area contributed by atoms with E-state index < -0.39 is 31.3 Å². The van der Waals surface area contributed by atoms with E-state index in [2.05, 4.69) is 8.62 Å². The molecule has 0 radical (unpaired) electrons. The number of hydrogen-bond donors (Lipinski definition) is 8. The molecular weight excluding hydrogens is 460 g/mol. The largest absolute Gasteiger partial charge is 0.790 e. The lowest BCUT2D eigenvalue weighted by atomic mass is 14.0. The molecule has 0 saturated heterocycles. The lowest BCUT2D eigenvalue weighted by molar-refractivity contribution is -0.368. The fourth-order valence-electron chi connectivity index (χ4n) is 0.245. The van der Waals surface area contributed by atoms with E-state index in [0.29, 0.717) is 0 Å². The van der Waals surface area contributed by atoms with Gasteiger partial charge in [-0.25, -0.2) is 0 Å². The smallest absolute Gasteiger partial charge is 0.0655 e. The van der Waals surface area contributed by atoms with Crippen molar-refractivity contribution in [2.24, 2.45) is 0 Å². The van der Waals surface area contributed by atoms with Gasteiger partial charge in [0.2, 0.25) is 0 Å². The molecule has 0 aromatic carbocycles. The third kappa shape index (κ3) is 87.5.